The Morgan fingerprint density at radius 3 is 2.91 bits per heavy atom. The minimum absolute atomic E-state index is 0.0213. The van der Waals surface area contributed by atoms with E-state index < -0.39 is 6.17 Å². The van der Waals surface area contributed by atoms with Crippen LogP contribution < -0.4 is 0 Å². The van der Waals surface area contributed by atoms with Crippen LogP contribution in [-0.4, -0.2) is 46.0 Å². The largest absolute Gasteiger partial charge is 0.374 e. The summed E-state index contributed by atoms with van der Waals surface area (Å²) in [5.74, 6) is 0.626. The van der Waals surface area contributed by atoms with E-state index in [9.17, 15) is 9.18 Å². The molecule has 120 valence electrons. The summed E-state index contributed by atoms with van der Waals surface area (Å²) in [7, 11) is 0. The van der Waals surface area contributed by atoms with Crippen molar-refractivity contribution in [2.45, 2.75) is 51.0 Å². The highest BCUT2D eigenvalue weighted by Gasteiger charge is 2.38. The zero-order valence-corrected chi connectivity index (χ0v) is 12.7. The van der Waals surface area contributed by atoms with Gasteiger partial charge in [0.15, 0.2) is 0 Å². The maximum Gasteiger partial charge on any atom is 0.226 e. The van der Waals surface area contributed by atoms with Crippen molar-refractivity contribution in [1.82, 2.24) is 14.7 Å². The van der Waals surface area contributed by atoms with Gasteiger partial charge in [0.1, 0.15) is 6.17 Å². The quantitative estimate of drug-likeness (QED) is 0.852. The van der Waals surface area contributed by atoms with E-state index in [2.05, 4.69) is 5.10 Å². The molecule has 0 aromatic carbocycles. The molecule has 0 bridgehead atoms. The molecule has 2 aliphatic carbocycles. The lowest BCUT2D eigenvalue weighted by atomic mass is 9.82. The summed E-state index contributed by atoms with van der Waals surface area (Å²) in [5, 5.41) is 4.33. The Kier molecular flexibility index (Phi) is 3.64. The lowest BCUT2D eigenvalue weighted by molar-refractivity contribution is -0.143. The Bertz CT molecular complexity index is 551. The van der Waals surface area contributed by atoms with Crippen molar-refractivity contribution in [3.05, 3.63) is 18.0 Å². The summed E-state index contributed by atoms with van der Waals surface area (Å²) < 4.78 is 21.0. The van der Waals surface area contributed by atoms with Crippen molar-refractivity contribution in [2.75, 3.05) is 13.2 Å². The Morgan fingerprint density at radius 1 is 1.36 bits per heavy atom. The van der Waals surface area contributed by atoms with Gasteiger partial charge in [-0.25, -0.2) is 4.39 Å². The number of aromatic nitrogens is 2. The van der Waals surface area contributed by atoms with E-state index in [-0.39, 0.29) is 17.9 Å². The molecule has 2 saturated carbocycles. The third-order valence-electron chi connectivity index (χ3n) is 4.96. The number of halogens is 1. The molecule has 2 fully saturated rings. The van der Waals surface area contributed by atoms with E-state index >= 15 is 0 Å². The first-order valence-electron chi connectivity index (χ1n) is 8.24. The SMILES string of the molecule is O=C(C1CC(F)C1)N1Cc2ccnn2C[C@@H](OCC2CC2)C1. The highest BCUT2D eigenvalue weighted by atomic mass is 19.1. The maximum absolute atomic E-state index is 13.0. The van der Waals surface area contributed by atoms with Crippen molar-refractivity contribution < 1.29 is 13.9 Å². The number of nitrogens with zero attached hydrogens (tertiary/aromatic N) is 3. The van der Waals surface area contributed by atoms with E-state index in [0.717, 1.165) is 12.3 Å². The third-order valence-corrected chi connectivity index (χ3v) is 4.96. The number of hydrogen-bond donors (Lipinski definition) is 0. The zero-order chi connectivity index (χ0) is 15.1. The van der Waals surface area contributed by atoms with Crippen LogP contribution in [0, 0.1) is 11.8 Å². The van der Waals surface area contributed by atoms with Gasteiger partial charge in [0, 0.05) is 25.3 Å². The van der Waals surface area contributed by atoms with Crippen molar-refractivity contribution in [1.29, 1.82) is 0 Å². The Hall–Kier alpha value is -1.43. The first kappa shape index (κ1) is 14.2. The van der Waals surface area contributed by atoms with Crippen LogP contribution in [0.4, 0.5) is 4.39 Å². The molecule has 0 spiro atoms. The molecule has 3 aliphatic rings. The number of hydrogen-bond acceptors (Lipinski definition) is 3. The number of carbonyl (C=O) groups is 1. The molecule has 22 heavy (non-hydrogen) atoms. The number of rotatable bonds is 4. The molecular weight excluding hydrogens is 285 g/mol. The zero-order valence-electron chi connectivity index (χ0n) is 12.7. The number of carbonyl (C=O) groups excluding carboxylic acids is 1. The second-order valence-electron chi connectivity index (χ2n) is 6.89. The van der Waals surface area contributed by atoms with Gasteiger partial charge in [-0.2, -0.15) is 5.10 Å². The fourth-order valence-corrected chi connectivity index (χ4v) is 3.25. The Morgan fingerprint density at radius 2 is 2.18 bits per heavy atom. The number of ether oxygens (including phenoxy) is 1. The molecule has 0 unspecified atom stereocenters. The fourth-order valence-electron chi connectivity index (χ4n) is 3.25. The molecule has 1 aromatic heterocycles. The topological polar surface area (TPSA) is 47.4 Å². The van der Waals surface area contributed by atoms with Gasteiger partial charge in [0.25, 0.3) is 0 Å². The monoisotopic (exact) mass is 307 g/mol. The molecule has 0 radical (unpaired) electrons. The lowest BCUT2D eigenvalue weighted by Gasteiger charge is -2.34. The van der Waals surface area contributed by atoms with Crippen molar-refractivity contribution >= 4 is 5.91 Å². The van der Waals surface area contributed by atoms with Crippen LogP contribution in [-0.2, 0) is 22.6 Å². The third kappa shape index (κ3) is 2.89. The van der Waals surface area contributed by atoms with Gasteiger partial charge in [0.05, 0.1) is 24.9 Å². The molecule has 4 rings (SSSR count). The molecule has 0 N–H and O–H groups in total. The highest BCUT2D eigenvalue weighted by molar-refractivity contribution is 5.80. The highest BCUT2D eigenvalue weighted by Crippen LogP contribution is 2.33. The van der Waals surface area contributed by atoms with Gasteiger partial charge in [-0.05, 0) is 37.7 Å². The molecule has 1 aliphatic heterocycles. The van der Waals surface area contributed by atoms with Gasteiger partial charge in [-0.3, -0.25) is 9.48 Å². The lowest BCUT2D eigenvalue weighted by Crippen LogP contribution is -2.45. The summed E-state index contributed by atoms with van der Waals surface area (Å²) in [5.41, 5.74) is 1.03. The van der Waals surface area contributed by atoms with Crippen molar-refractivity contribution in [3.63, 3.8) is 0 Å². The van der Waals surface area contributed by atoms with Gasteiger partial charge < -0.3 is 9.64 Å². The normalized spacial score (nSPS) is 31.3. The van der Waals surface area contributed by atoms with Crippen LogP contribution in [0.2, 0.25) is 0 Å². The van der Waals surface area contributed by atoms with Crippen LogP contribution in [0.3, 0.4) is 0 Å². The van der Waals surface area contributed by atoms with Crippen LogP contribution in [0.25, 0.3) is 0 Å². The summed E-state index contributed by atoms with van der Waals surface area (Å²) in [6.07, 6.45) is 4.21. The number of fused-ring (bicyclic) bond motifs is 1. The van der Waals surface area contributed by atoms with Crippen molar-refractivity contribution in [2.24, 2.45) is 11.8 Å². The average Bonchev–Trinajstić information content (AvgIpc) is 3.24. The smallest absolute Gasteiger partial charge is 0.226 e. The van der Waals surface area contributed by atoms with E-state index in [1.807, 2.05) is 15.6 Å². The predicted octanol–water partition coefficient (Wildman–Crippen LogP) is 1.77. The van der Waals surface area contributed by atoms with Gasteiger partial charge in [-0.1, -0.05) is 0 Å². The van der Waals surface area contributed by atoms with Crippen molar-refractivity contribution in [3.8, 4) is 0 Å². The van der Waals surface area contributed by atoms with Crippen LogP contribution in [0.5, 0.6) is 0 Å². The first-order valence-corrected chi connectivity index (χ1v) is 8.24. The molecule has 1 aromatic rings. The second-order valence-corrected chi connectivity index (χ2v) is 6.89. The van der Waals surface area contributed by atoms with Gasteiger partial charge in [0.2, 0.25) is 5.91 Å². The van der Waals surface area contributed by atoms with Crippen LogP contribution in [0.1, 0.15) is 31.4 Å². The minimum Gasteiger partial charge on any atom is -0.374 e. The molecule has 0 saturated heterocycles. The molecule has 1 amide bonds. The number of alkyl halides is 1. The first-order chi connectivity index (χ1) is 10.7. The molecule has 5 nitrogen and oxygen atoms in total. The molecular formula is C16H22FN3O2. The maximum atomic E-state index is 13.0. The van der Waals surface area contributed by atoms with Gasteiger partial charge in [-0.15, -0.1) is 0 Å². The van der Waals surface area contributed by atoms with Crippen LogP contribution >= 0.6 is 0 Å². The van der Waals surface area contributed by atoms with E-state index in [1.54, 1.807) is 6.20 Å². The van der Waals surface area contributed by atoms with Crippen LogP contribution in [0.15, 0.2) is 12.3 Å². The standard InChI is InChI=1S/C16H22FN3O2/c17-13-5-12(6-13)16(21)19-7-14-3-4-18-20(14)9-15(8-19)22-10-11-1-2-11/h3-4,11-13,15H,1-2,5-10H2/t12?,13?,15-/m0/s1. The molecule has 2 heterocycles. The molecule has 6 heteroatoms. The second kappa shape index (κ2) is 5.65. The summed E-state index contributed by atoms with van der Waals surface area (Å²) in [6.45, 7) is 2.60. The predicted molar refractivity (Wildman–Crippen MR) is 77.7 cm³/mol. The van der Waals surface area contributed by atoms with Gasteiger partial charge >= 0.3 is 0 Å². The van der Waals surface area contributed by atoms with E-state index in [0.29, 0.717) is 38.4 Å². The summed E-state index contributed by atoms with van der Waals surface area (Å²) in [6, 6.07) is 1.95. The minimum atomic E-state index is -0.798. The summed E-state index contributed by atoms with van der Waals surface area (Å²) in [4.78, 5) is 14.4. The molecule has 1 atom stereocenters. The Balaban J connectivity index is 1.46. The van der Waals surface area contributed by atoms with E-state index in [1.165, 1.54) is 12.8 Å². The number of amides is 1. The summed E-state index contributed by atoms with van der Waals surface area (Å²) >= 11 is 0. The van der Waals surface area contributed by atoms with E-state index in [4.69, 9.17) is 4.74 Å². The fraction of sp³-hybridized carbons (Fsp3) is 0.750. The Labute approximate surface area is 129 Å². The average molecular weight is 307 g/mol.